The Labute approximate surface area is 221 Å². The zero-order valence-corrected chi connectivity index (χ0v) is 23.2. The highest BCUT2D eigenvalue weighted by Crippen LogP contribution is 2.40. The van der Waals surface area contributed by atoms with Crippen LogP contribution in [0.2, 0.25) is 0 Å². The highest BCUT2D eigenvalue weighted by Gasteiger charge is 2.23. The van der Waals surface area contributed by atoms with Crippen molar-refractivity contribution >= 4 is 21.6 Å². The molecular formula is C30H38N2O4S. The van der Waals surface area contributed by atoms with Crippen LogP contribution >= 0.6 is 0 Å². The lowest BCUT2D eigenvalue weighted by atomic mass is 10.1. The van der Waals surface area contributed by atoms with Crippen LogP contribution in [0.4, 0.5) is 0 Å². The van der Waals surface area contributed by atoms with E-state index in [2.05, 4.69) is 40.6 Å². The second-order valence-electron chi connectivity index (χ2n) is 8.55. The minimum Gasteiger partial charge on any atom is -0.504 e. The molecule has 1 aliphatic carbocycles. The van der Waals surface area contributed by atoms with E-state index in [0.717, 1.165) is 23.2 Å². The van der Waals surface area contributed by atoms with Gasteiger partial charge in [-0.1, -0.05) is 74.2 Å². The number of sulfonamides is 1. The largest absolute Gasteiger partial charge is 0.504 e. The summed E-state index contributed by atoms with van der Waals surface area (Å²) in [7, 11) is -2.25. The van der Waals surface area contributed by atoms with Gasteiger partial charge in [0.25, 0.3) is 10.0 Å². The maximum atomic E-state index is 12.2. The summed E-state index contributed by atoms with van der Waals surface area (Å²) >= 11 is 0. The molecule has 0 spiro atoms. The van der Waals surface area contributed by atoms with Crippen LogP contribution in [0.25, 0.3) is 5.70 Å². The minimum atomic E-state index is -3.80. The average Bonchev–Trinajstić information content (AvgIpc) is 3.73. The first-order valence-electron chi connectivity index (χ1n) is 12.3. The number of nitrogens with zero attached hydrogens (tertiary/aromatic N) is 1. The van der Waals surface area contributed by atoms with Crippen molar-refractivity contribution in [1.29, 1.82) is 0 Å². The van der Waals surface area contributed by atoms with Crippen LogP contribution in [0.5, 0.6) is 11.5 Å². The fourth-order valence-electron chi connectivity index (χ4n) is 3.50. The zero-order chi connectivity index (χ0) is 27.4. The Morgan fingerprint density at radius 3 is 2.38 bits per heavy atom. The van der Waals surface area contributed by atoms with Crippen molar-refractivity contribution in [3.05, 3.63) is 101 Å². The van der Waals surface area contributed by atoms with Crippen molar-refractivity contribution in [2.24, 2.45) is 4.40 Å². The van der Waals surface area contributed by atoms with Crippen LogP contribution < -0.4 is 10.1 Å². The maximum absolute atomic E-state index is 12.2. The topological polar surface area (TPSA) is 88.0 Å². The Hall–Kier alpha value is -3.58. The molecule has 0 aromatic heterocycles. The number of hydrogen-bond acceptors (Lipinski definition) is 4. The normalized spacial score (nSPS) is 14.4. The number of methoxy groups -OCH3 is 1. The summed E-state index contributed by atoms with van der Waals surface area (Å²) in [6.45, 7) is 11.0. The molecule has 0 amide bonds. The number of nitrogens with one attached hydrogen (secondary N) is 1. The molecule has 6 nitrogen and oxygen atoms in total. The van der Waals surface area contributed by atoms with Gasteiger partial charge >= 0.3 is 0 Å². The first-order valence-corrected chi connectivity index (χ1v) is 13.8. The lowest BCUT2D eigenvalue weighted by Crippen LogP contribution is -2.20. The molecule has 1 saturated carbocycles. The molecule has 1 aliphatic rings. The number of allylic oxidation sites excluding steroid dienone is 5. The van der Waals surface area contributed by atoms with Gasteiger partial charge in [-0.2, -0.15) is 8.42 Å². The first-order chi connectivity index (χ1) is 17.7. The van der Waals surface area contributed by atoms with Crippen LogP contribution in [-0.2, 0) is 16.4 Å². The van der Waals surface area contributed by atoms with Gasteiger partial charge in [0.15, 0.2) is 11.5 Å². The van der Waals surface area contributed by atoms with Gasteiger partial charge in [-0.05, 0) is 74.8 Å². The van der Waals surface area contributed by atoms with E-state index in [4.69, 9.17) is 4.74 Å². The summed E-state index contributed by atoms with van der Waals surface area (Å²) in [5.74, 6) is 1.81. The summed E-state index contributed by atoms with van der Waals surface area (Å²) in [4.78, 5) is -0.0486. The van der Waals surface area contributed by atoms with E-state index in [9.17, 15) is 13.5 Å². The number of para-hydroxylation sites is 1. The second-order valence-corrected chi connectivity index (χ2v) is 10.2. The van der Waals surface area contributed by atoms with E-state index in [1.165, 1.54) is 24.5 Å². The van der Waals surface area contributed by atoms with Crippen LogP contribution in [0.3, 0.4) is 0 Å². The van der Waals surface area contributed by atoms with Crippen LogP contribution in [0.1, 0.15) is 63.1 Å². The van der Waals surface area contributed by atoms with E-state index in [-0.39, 0.29) is 10.7 Å². The third kappa shape index (κ3) is 9.10. The molecule has 0 heterocycles. The summed E-state index contributed by atoms with van der Waals surface area (Å²) in [6.07, 6.45) is 11.9. The van der Waals surface area contributed by atoms with Gasteiger partial charge in [-0.3, -0.25) is 0 Å². The SMILES string of the molecule is C=C(/C=C\C=C/C)S(=O)(=O)/N=C(\C)N/C(=C\C)c1ccc(C2CC2)cc1.CCc1cccc(OC)c1O. The van der Waals surface area contributed by atoms with Gasteiger partial charge in [0.1, 0.15) is 5.84 Å². The molecule has 3 rings (SSSR count). The fourth-order valence-corrected chi connectivity index (χ4v) is 4.27. The fraction of sp³-hybridized carbons (Fsp3) is 0.300. The Bertz CT molecular complexity index is 1260. The zero-order valence-electron chi connectivity index (χ0n) is 22.4. The molecule has 0 unspecified atom stereocenters. The number of amidine groups is 1. The van der Waals surface area contributed by atoms with Crippen LogP contribution in [0.15, 0.2) is 88.7 Å². The number of benzene rings is 2. The number of phenols is 1. The van der Waals surface area contributed by atoms with E-state index in [0.29, 0.717) is 17.5 Å². The summed E-state index contributed by atoms with van der Waals surface area (Å²) in [6, 6.07) is 13.9. The quantitative estimate of drug-likeness (QED) is 0.213. The molecule has 0 atom stereocenters. The predicted octanol–water partition coefficient (Wildman–Crippen LogP) is 6.87. The maximum Gasteiger partial charge on any atom is 0.283 e. The van der Waals surface area contributed by atoms with Crippen molar-refractivity contribution < 1.29 is 18.3 Å². The standard InChI is InChI=1S/C21H26N2O2S.C9H12O2/c1-5-7-8-9-16(3)26(24,25)23-17(4)22-21(6-2)20-14-12-19(13-15-20)18-10-11-18;1-3-7-5-4-6-8(11-2)9(7)10/h5-9,12-15,18H,3,10-11H2,1-2,4H3,(H,22,23);4-6,10H,3H2,1-2H3/b7-5-,9-8-,21-6-;. The van der Waals surface area contributed by atoms with Gasteiger partial charge in [0.2, 0.25) is 0 Å². The van der Waals surface area contributed by atoms with Crippen molar-refractivity contribution in [2.45, 2.75) is 52.9 Å². The third-order valence-corrected chi connectivity index (χ3v) is 7.05. The molecular weight excluding hydrogens is 484 g/mol. The first kappa shape index (κ1) is 29.6. The van der Waals surface area contributed by atoms with Crippen LogP contribution in [0, 0.1) is 0 Å². The van der Waals surface area contributed by atoms with Crippen molar-refractivity contribution in [2.75, 3.05) is 7.11 Å². The van der Waals surface area contributed by atoms with Crippen molar-refractivity contribution in [3.63, 3.8) is 0 Å². The highest BCUT2D eigenvalue weighted by atomic mass is 32.2. The molecule has 0 aliphatic heterocycles. The molecule has 7 heteroatoms. The third-order valence-electron chi connectivity index (χ3n) is 5.73. The number of phenolic OH excluding ortho intramolecular Hbond substituents is 1. The lowest BCUT2D eigenvalue weighted by Gasteiger charge is -2.11. The second kappa shape index (κ2) is 14.2. The van der Waals surface area contributed by atoms with Gasteiger partial charge in [-0.25, -0.2) is 0 Å². The smallest absolute Gasteiger partial charge is 0.283 e. The summed E-state index contributed by atoms with van der Waals surface area (Å²) < 4.78 is 33.2. The number of aryl methyl sites for hydroxylation is 1. The Morgan fingerprint density at radius 1 is 1.16 bits per heavy atom. The van der Waals surface area contributed by atoms with Gasteiger partial charge < -0.3 is 15.2 Å². The molecule has 198 valence electrons. The van der Waals surface area contributed by atoms with Crippen LogP contribution in [-0.4, -0.2) is 26.5 Å². The number of ether oxygens (including phenoxy) is 1. The molecule has 0 saturated heterocycles. The Morgan fingerprint density at radius 2 is 1.84 bits per heavy atom. The Kier molecular flexibility index (Phi) is 11.4. The molecule has 1 fully saturated rings. The highest BCUT2D eigenvalue weighted by molar-refractivity contribution is 7.94. The summed E-state index contributed by atoms with van der Waals surface area (Å²) in [5.41, 5.74) is 4.10. The van der Waals surface area contributed by atoms with Gasteiger partial charge in [0.05, 0.1) is 12.0 Å². The van der Waals surface area contributed by atoms with E-state index >= 15 is 0 Å². The number of aromatic hydroxyl groups is 1. The molecule has 0 radical (unpaired) electrons. The molecule has 0 bridgehead atoms. The van der Waals surface area contributed by atoms with E-state index in [1.807, 2.05) is 39.0 Å². The lowest BCUT2D eigenvalue weighted by molar-refractivity contribution is 0.371. The van der Waals surface area contributed by atoms with Gasteiger partial charge in [-0.15, -0.1) is 4.40 Å². The van der Waals surface area contributed by atoms with Crippen molar-refractivity contribution in [3.8, 4) is 11.5 Å². The molecule has 2 aromatic rings. The van der Waals surface area contributed by atoms with Gasteiger partial charge in [0, 0.05) is 5.70 Å². The van der Waals surface area contributed by atoms with Crippen molar-refractivity contribution in [1.82, 2.24) is 5.32 Å². The molecule has 2 N–H and O–H groups in total. The monoisotopic (exact) mass is 522 g/mol. The number of hydrogen-bond donors (Lipinski definition) is 2. The van der Waals surface area contributed by atoms with E-state index < -0.39 is 10.0 Å². The molecule has 2 aromatic carbocycles. The predicted molar refractivity (Wildman–Crippen MR) is 154 cm³/mol. The number of rotatable bonds is 9. The summed E-state index contributed by atoms with van der Waals surface area (Å²) in [5, 5.41) is 12.5. The van der Waals surface area contributed by atoms with E-state index in [1.54, 1.807) is 38.3 Å². The average molecular weight is 523 g/mol. The Balaban J connectivity index is 0.000000364. The molecule has 37 heavy (non-hydrogen) atoms. The minimum absolute atomic E-state index is 0.0486.